The molecule has 0 atom stereocenters. The van der Waals surface area contributed by atoms with Crippen LogP contribution in [-0.2, 0) is 14.9 Å². The molecule has 3 rings (SSSR count). The third-order valence-corrected chi connectivity index (χ3v) is 5.80. The molecule has 0 spiro atoms. The number of thioether (sulfide) groups is 1. The molecular weight excluding hydrogens is 426 g/mol. The van der Waals surface area contributed by atoms with Crippen molar-refractivity contribution in [3.63, 3.8) is 0 Å². The number of nitrogens with zero attached hydrogens (tertiary/aromatic N) is 2. The Balaban J connectivity index is 1.77. The Morgan fingerprint density at radius 3 is 2.57 bits per heavy atom. The van der Waals surface area contributed by atoms with Crippen molar-refractivity contribution in [1.82, 2.24) is 5.32 Å². The van der Waals surface area contributed by atoms with E-state index in [0.717, 1.165) is 0 Å². The third-order valence-electron chi connectivity index (χ3n) is 3.43. The van der Waals surface area contributed by atoms with Crippen molar-refractivity contribution in [3.8, 4) is 11.5 Å². The van der Waals surface area contributed by atoms with Crippen LogP contribution in [0.4, 0.5) is 0 Å². The Kier molecular flexibility index (Phi) is 6.22. The maximum absolute atomic E-state index is 12.4. The van der Waals surface area contributed by atoms with Gasteiger partial charge >= 0.3 is 10.1 Å². The largest absolute Gasteiger partial charge is 0.493 e. The first-order valence-corrected chi connectivity index (χ1v) is 10.6. The van der Waals surface area contributed by atoms with Gasteiger partial charge in [0.2, 0.25) is 5.91 Å². The summed E-state index contributed by atoms with van der Waals surface area (Å²) in [5, 5.41) is 11.2. The number of amides is 1. The monoisotopic (exact) mass is 439 g/mol. The summed E-state index contributed by atoms with van der Waals surface area (Å²) in [5.74, 6) is 0.428. The first-order valence-electron chi connectivity index (χ1n) is 7.79. The number of amidine groups is 1. The Morgan fingerprint density at radius 2 is 1.93 bits per heavy atom. The molecule has 0 radical (unpaired) electrons. The molecule has 8 nitrogen and oxygen atoms in total. The highest BCUT2D eigenvalue weighted by Gasteiger charge is 2.19. The van der Waals surface area contributed by atoms with Gasteiger partial charge in [0.15, 0.2) is 16.7 Å². The summed E-state index contributed by atoms with van der Waals surface area (Å²) >= 11 is 7.04. The van der Waals surface area contributed by atoms with Crippen LogP contribution in [0.25, 0.3) is 0 Å². The second-order valence-corrected chi connectivity index (χ2v) is 8.34. The first-order chi connectivity index (χ1) is 13.4. The molecule has 1 heterocycles. The number of carbonyl (C=O) groups is 1. The van der Waals surface area contributed by atoms with E-state index in [1.165, 1.54) is 55.4 Å². The number of carbonyl (C=O) groups excluding carboxylic acids is 1. The minimum absolute atomic E-state index is 0.0273. The van der Waals surface area contributed by atoms with Gasteiger partial charge in [0, 0.05) is 5.02 Å². The molecule has 1 saturated heterocycles. The summed E-state index contributed by atoms with van der Waals surface area (Å²) in [7, 11) is -2.65. The van der Waals surface area contributed by atoms with Gasteiger partial charge in [0.05, 0.1) is 19.1 Å². The van der Waals surface area contributed by atoms with Crippen LogP contribution in [-0.4, -0.2) is 38.6 Å². The Bertz CT molecular complexity index is 1050. The number of ether oxygens (including phenoxy) is 1. The molecule has 28 heavy (non-hydrogen) atoms. The minimum Gasteiger partial charge on any atom is -0.493 e. The molecular formula is C17H14ClN3O5S2. The van der Waals surface area contributed by atoms with E-state index in [0.29, 0.717) is 21.5 Å². The van der Waals surface area contributed by atoms with Gasteiger partial charge in [-0.05, 0) is 48.0 Å². The van der Waals surface area contributed by atoms with Crippen molar-refractivity contribution in [2.75, 3.05) is 12.9 Å². The summed E-state index contributed by atoms with van der Waals surface area (Å²) in [4.78, 5) is 11.1. The highest BCUT2D eigenvalue weighted by Crippen LogP contribution is 2.30. The van der Waals surface area contributed by atoms with Crippen LogP contribution < -0.4 is 14.2 Å². The SMILES string of the molecule is COc1cc(C=N/N=C2\NC(=O)CS2)ccc1OS(=O)(=O)c1ccc(Cl)cc1. The lowest BCUT2D eigenvalue weighted by atomic mass is 10.2. The van der Waals surface area contributed by atoms with E-state index in [1.807, 2.05) is 0 Å². The Hall–Kier alpha value is -2.56. The van der Waals surface area contributed by atoms with Gasteiger partial charge in [-0.25, -0.2) is 0 Å². The highest BCUT2D eigenvalue weighted by molar-refractivity contribution is 8.15. The number of benzene rings is 2. The number of methoxy groups -OCH3 is 1. The van der Waals surface area contributed by atoms with Crippen molar-refractivity contribution >= 4 is 50.8 Å². The quantitative estimate of drug-likeness (QED) is 0.421. The van der Waals surface area contributed by atoms with Crippen LogP contribution in [0.5, 0.6) is 11.5 Å². The summed E-state index contributed by atoms with van der Waals surface area (Å²) < 4.78 is 35.2. The average Bonchev–Trinajstić information content (AvgIpc) is 3.08. The van der Waals surface area contributed by atoms with Gasteiger partial charge in [-0.15, -0.1) is 5.10 Å². The lowest BCUT2D eigenvalue weighted by molar-refractivity contribution is -0.116. The van der Waals surface area contributed by atoms with Crippen LogP contribution >= 0.6 is 23.4 Å². The van der Waals surface area contributed by atoms with Gasteiger partial charge in [-0.2, -0.15) is 13.5 Å². The van der Waals surface area contributed by atoms with Crippen LogP contribution in [0.2, 0.25) is 5.02 Å². The predicted molar refractivity (Wildman–Crippen MR) is 108 cm³/mol. The van der Waals surface area contributed by atoms with E-state index in [-0.39, 0.29) is 22.3 Å². The van der Waals surface area contributed by atoms with Crippen LogP contribution in [0.15, 0.2) is 57.6 Å². The molecule has 0 unspecified atom stereocenters. The molecule has 0 saturated carbocycles. The topological polar surface area (TPSA) is 106 Å². The van der Waals surface area contributed by atoms with E-state index in [1.54, 1.807) is 12.1 Å². The first kappa shape index (κ1) is 20.2. The molecule has 1 aliphatic rings. The normalized spacial score (nSPS) is 15.8. The standard InChI is InChI=1S/C17H14ClN3O5S2/c1-25-15-8-11(9-19-21-17-20-16(22)10-27-17)2-7-14(15)26-28(23,24)13-5-3-12(18)4-6-13/h2-9H,10H2,1H3,(H,20,21,22). The highest BCUT2D eigenvalue weighted by atomic mass is 35.5. The number of halogens is 1. The number of hydrogen-bond donors (Lipinski definition) is 1. The zero-order chi connectivity index (χ0) is 20.1. The fourth-order valence-electron chi connectivity index (χ4n) is 2.13. The van der Waals surface area contributed by atoms with Crippen LogP contribution in [0, 0.1) is 0 Å². The van der Waals surface area contributed by atoms with Gasteiger partial charge in [0.1, 0.15) is 4.90 Å². The molecule has 11 heteroatoms. The molecule has 1 amide bonds. The van der Waals surface area contributed by atoms with Crippen molar-refractivity contribution in [2.24, 2.45) is 10.2 Å². The maximum atomic E-state index is 12.4. The third kappa shape index (κ3) is 5.03. The molecule has 2 aromatic rings. The van der Waals surface area contributed by atoms with E-state index in [2.05, 4.69) is 15.5 Å². The zero-order valence-electron chi connectivity index (χ0n) is 14.5. The van der Waals surface area contributed by atoms with Gasteiger partial charge in [-0.3, -0.25) is 4.79 Å². The van der Waals surface area contributed by atoms with Crippen molar-refractivity contribution in [3.05, 3.63) is 53.1 Å². The smallest absolute Gasteiger partial charge is 0.339 e. The second kappa shape index (κ2) is 8.63. The summed E-state index contributed by atoms with van der Waals surface area (Å²) in [6.45, 7) is 0. The molecule has 0 aliphatic carbocycles. The predicted octanol–water partition coefficient (Wildman–Crippen LogP) is 2.67. The number of nitrogens with one attached hydrogen (secondary N) is 1. The van der Waals surface area contributed by atoms with Gasteiger partial charge in [-0.1, -0.05) is 23.4 Å². The number of rotatable bonds is 6. The van der Waals surface area contributed by atoms with E-state index in [9.17, 15) is 13.2 Å². The fourth-order valence-corrected chi connectivity index (χ4v) is 3.82. The average molecular weight is 440 g/mol. The summed E-state index contributed by atoms with van der Waals surface area (Å²) in [5.41, 5.74) is 0.603. The Labute approximate surface area is 170 Å². The summed E-state index contributed by atoms with van der Waals surface area (Å²) in [6.07, 6.45) is 1.44. The lowest BCUT2D eigenvalue weighted by Gasteiger charge is -2.11. The van der Waals surface area contributed by atoms with Crippen molar-refractivity contribution in [1.29, 1.82) is 0 Å². The van der Waals surface area contributed by atoms with E-state index < -0.39 is 10.1 Å². The molecule has 0 bridgehead atoms. The molecule has 146 valence electrons. The molecule has 1 aliphatic heterocycles. The Morgan fingerprint density at radius 1 is 1.18 bits per heavy atom. The zero-order valence-corrected chi connectivity index (χ0v) is 16.8. The van der Waals surface area contributed by atoms with Crippen LogP contribution in [0.1, 0.15) is 5.56 Å². The summed E-state index contributed by atoms with van der Waals surface area (Å²) in [6, 6.07) is 10.2. The van der Waals surface area contributed by atoms with Crippen molar-refractivity contribution in [2.45, 2.75) is 4.90 Å². The van der Waals surface area contributed by atoms with E-state index in [4.69, 9.17) is 20.5 Å². The maximum Gasteiger partial charge on any atom is 0.339 e. The fraction of sp³-hybridized carbons (Fsp3) is 0.118. The van der Waals surface area contributed by atoms with Gasteiger partial charge < -0.3 is 14.2 Å². The van der Waals surface area contributed by atoms with Crippen molar-refractivity contribution < 1.29 is 22.1 Å². The molecule has 1 N–H and O–H groups in total. The molecule has 2 aromatic carbocycles. The van der Waals surface area contributed by atoms with E-state index >= 15 is 0 Å². The van der Waals surface area contributed by atoms with Gasteiger partial charge in [0.25, 0.3) is 0 Å². The molecule has 0 aromatic heterocycles. The number of hydrogen-bond acceptors (Lipinski definition) is 8. The van der Waals surface area contributed by atoms with Crippen LogP contribution in [0.3, 0.4) is 0 Å². The second-order valence-electron chi connectivity index (χ2n) is 5.39. The lowest BCUT2D eigenvalue weighted by Crippen LogP contribution is -2.19. The minimum atomic E-state index is -4.05. The molecule has 1 fully saturated rings.